The zero-order valence-electron chi connectivity index (χ0n) is 11.1. The summed E-state index contributed by atoms with van der Waals surface area (Å²) in [5.74, 6) is 0.114. The summed E-state index contributed by atoms with van der Waals surface area (Å²) in [7, 11) is 0. The summed E-state index contributed by atoms with van der Waals surface area (Å²) in [6.45, 7) is 0. The lowest BCUT2D eigenvalue weighted by Crippen LogP contribution is -2.38. The Hall–Kier alpha value is -3.08. The zero-order valence-corrected chi connectivity index (χ0v) is 11.1. The minimum atomic E-state index is -0.489. The van der Waals surface area contributed by atoms with Gasteiger partial charge in [0.05, 0.1) is 11.4 Å². The van der Waals surface area contributed by atoms with Gasteiger partial charge in [-0.2, -0.15) is 0 Å². The Morgan fingerprint density at radius 1 is 0.714 bits per heavy atom. The molecule has 1 heterocycles. The van der Waals surface area contributed by atoms with Gasteiger partial charge in [0, 0.05) is 6.07 Å². The first-order chi connectivity index (χ1) is 10.2. The van der Waals surface area contributed by atoms with Gasteiger partial charge in [-0.05, 0) is 24.3 Å². The Bertz CT molecular complexity index is 881. The van der Waals surface area contributed by atoms with Gasteiger partial charge in [0.2, 0.25) is 0 Å². The van der Waals surface area contributed by atoms with Crippen molar-refractivity contribution in [3.8, 4) is 11.4 Å². The number of rotatable bonds is 2. The molecule has 0 radical (unpaired) electrons. The van der Waals surface area contributed by atoms with Crippen LogP contribution in [0.25, 0.3) is 11.4 Å². The van der Waals surface area contributed by atoms with E-state index in [0.29, 0.717) is 11.4 Å². The second kappa shape index (κ2) is 5.13. The van der Waals surface area contributed by atoms with Gasteiger partial charge in [-0.1, -0.05) is 36.4 Å². The smallest absolute Gasteiger partial charge is 0.341 e. The van der Waals surface area contributed by atoms with E-state index in [4.69, 9.17) is 5.73 Å². The van der Waals surface area contributed by atoms with Crippen molar-refractivity contribution in [3.63, 3.8) is 0 Å². The van der Waals surface area contributed by atoms with Gasteiger partial charge in [-0.15, -0.1) is 0 Å². The Morgan fingerprint density at radius 2 is 1.19 bits per heavy atom. The van der Waals surface area contributed by atoms with Crippen molar-refractivity contribution < 1.29 is 0 Å². The number of hydrogen-bond donors (Lipinski definition) is 1. The normalized spacial score (nSPS) is 10.5. The molecular weight excluding hydrogens is 266 g/mol. The van der Waals surface area contributed by atoms with E-state index < -0.39 is 11.2 Å². The summed E-state index contributed by atoms with van der Waals surface area (Å²) in [6, 6.07) is 19.0. The van der Waals surface area contributed by atoms with Gasteiger partial charge in [-0.25, -0.2) is 13.9 Å². The lowest BCUT2D eigenvalue weighted by molar-refractivity contribution is 0.810. The largest absolute Gasteiger partial charge is 0.385 e. The van der Waals surface area contributed by atoms with Crippen molar-refractivity contribution in [2.45, 2.75) is 0 Å². The van der Waals surface area contributed by atoms with Gasteiger partial charge in [-0.3, -0.25) is 4.79 Å². The molecule has 104 valence electrons. The molecule has 0 aliphatic carbocycles. The number of nitrogen functional groups attached to an aromatic ring is 1. The quantitative estimate of drug-likeness (QED) is 0.774. The Morgan fingerprint density at radius 3 is 1.71 bits per heavy atom. The number of anilines is 1. The molecule has 2 N–H and O–H groups in total. The topological polar surface area (TPSA) is 70.0 Å². The minimum absolute atomic E-state index is 0.114. The van der Waals surface area contributed by atoms with Crippen molar-refractivity contribution in [2.75, 3.05) is 5.73 Å². The molecule has 2 aromatic carbocycles. The fourth-order valence-electron chi connectivity index (χ4n) is 2.21. The Kier molecular flexibility index (Phi) is 3.16. The SMILES string of the molecule is Nc1cc(=O)n(-c2ccccc2)c(=O)n1-c1ccccc1. The molecule has 0 bridgehead atoms. The predicted molar refractivity (Wildman–Crippen MR) is 82.0 cm³/mol. The van der Waals surface area contributed by atoms with Crippen molar-refractivity contribution in [2.24, 2.45) is 0 Å². The van der Waals surface area contributed by atoms with Crippen LogP contribution in [0.5, 0.6) is 0 Å². The molecule has 1 aromatic heterocycles. The summed E-state index contributed by atoms with van der Waals surface area (Å²) < 4.78 is 2.41. The highest BCUT2D eigenvalue weighted by Gasteiger charge is 2.12. The fourth-order valence-corrected chi connectivity index (χ4v) is 2.21. The number of aromatic nitrogens is 2. The summed E-state index contributed by atoms with van der Waals surface area (Å²) in [5, 5.41) is 0. The van der Waals surface area contributed by atoms with E-state index in [1.165, 1.54) is 10.6 Å². The Balaban J connectivity index is 2.35. The maximum absolute atomic E-state index is 12.7. The first-order valence-electron chi connectivity index (χ1n) is 6.44. The van der Waals surface area contributed by atoms with E-state index in [-0.39, 0.29) is 5.82 Å². The zero-order chi connectivity index (χ0) is 14.8. The molecule has 0 atom stereocenters. The third-order valence-corrected chi connectivity index (χ3v) is 3.16. The number of para-hydroxylation sites is 2. The van der Waals surface area contributed by atoms with E-state index in [9.17, 15) is 9.59 Å². The highest BCUT2D eigenvalue weighted by atomic mass is 16.2. The second-order valence-corrected chi connectivity index (χ2v) is 4.53. The van der Waals surface area contributed by atoms with Crippen molar-refractivity contribution in [1.29, 1.82) is 0 Å². The van der Waals surface area contributed by atoms with E-state index in [0.717, 1.165) is 4.57 Å². The number of nitrogens with zero attached hydrogens (tertiary/aromatic N) is 2. The molecule has 5 nitrogen and oxygen atoms in total. The molecule has 0 aliphatic heterocycles. The van der Waals surface area contributed by atoms with Crippen LogP contribution in [0.3, 0.4) is 0 Å². The van der Waals surface area contributed by atoms with Gasteiger partial charge in [0.1, 0.15) is 5.82 Å². The number of benzene rings is 2. The van der Waals surface area contributed by atoms with Crippen molar-refractivity contribution >= 4 is 5.82 Å². The first kappa shape index (κ1) is 12.9. The second-order valence-electron chi connectivity index (χ2n) is 4.53. The number of nitrogens with two attached hydrogens (primary N) is 1. The van der Waals surface area contributed by atoms with Crippen LogP contribution in [0.1, 0.15) is 0 Å². The molecule has 3 rings (SSSR count). The van der Waals surface area contributed by atoms with E-state index in [1.807, 2.05) is 12.1 Å². The van der Waals surface area contributed by atoms with Crippen LogP contribution in [0.15, 0.2) is 76.3 Å². The van der Waals surface area contributed by atoms with Crippen LogP contribution in [0.4, 0.5) is 5.82 Å². The van der Waals surface area contributed by atoms with Gasteiger partial charge in [0.15, 0.2) is 0 Å². The molecule has 3 aromatic rings. The fraction of sp³-hybridized carbons (Fsp3) is 0. The molecular formula is C16H13N3O2. The van der Waals surface area contributed by atoms with Crippen LogP contribution in [-0.2, 0) is 0 Å². The third kappa shape index (κ3) is 2.25. The molecule has 0 aliphatic rings. The highest BCUT2D eigenvalue weighted by Crippen LogP contribution is 2.09. The Labute approximate surface area is 120 Å². The van der Waals surface area contributed by atoms with Crippen LogP contribution >= 0.6 is 0 Å². The predicted octanol–water partition coefficient (Wildman–Crippen LogP) is 1.57. The molecule has 0 spiro atoms. The maximum atomic E-state index is 12.7. The summed E-state index contributed by atoms with van der Waals surface area (Å²) in [5.41, 5.74) is 6.04. The van der Waals surface area contributed by atoms with Crippen LogP contribution in [-0.4, -0.2) is 9.13 Å². The van der Waals surface area contributed by atoms with Crippen molar-refractivity contribution in [1.82, 2.24) is 9.13 Å². The van der Waals surface area contributed by atoms with Crippen LogP contribution < -0.4 is 17.0 Å². The highest BCUT2D eigenvalue weighted by molar-refractivity contribution is 5.43. The summed E-state index contributed by atoms with van der Waals surface area (Å²) in [4.78, 5) is 24.8. The summed E-state index contributed by atoms with van der Waals surface area (Å²) in [6.07, 6.45) is 0. The average molecular weight is 279 g/mol. The van der Waals surface area contributed by atoms with Gasteiger partial charge in [0.25, 0.3) is 5.56 Å². The van der Waals surface area contributed by atoms with E-state index >= 15 is 0 Å². The lowest BCUT2D eigenvalue weighted by atomic mass is 10.3. The van der Waals surface area contributed by atoms with E-state index in [1.54, 1.807) is 48.5 Å². The van der Waals surface area contributed by atoms with E-state index in [2.05, 4.69) is 0 Å². The molecule has 21 heavy (non-hydrogen) atoms. The maximum Gasteiger partial charge on any atom is 0.341 e. The number of hydrogen-bond acceptors (Lipinski definition) is 3. The van der Waals surface area contributed by atoms with Crippen molar-refractivity contribution in [3.05, 3.63) is 87.6 Å². The lowest BCUT2D eigenvalue weighted by Gasteiger charge is -2.12. The molecule has 5 heteroatoms. The van der Waals surface area contributed by atoms with Crippen LogP contribution in [0.2, 0.25) is 0 Å². The standard InChI is InChI=1S/C16H13N3O2/c17-14-11-15(20)19(13-9-5-2-6-10-13)16(21)18(14)12-7-3-1-4-8-12/h1-11H,17H2. The first-order valence-corrected chi connectivity index (χ1v) is 6.44. The van der Waals surface area contributed by atoms with Gasteiger partial charge >= 0.3 is 5.69 Å². The molecule has 0 saturated heterocycles. The summed E-state index contributed by atoms with van der Waals surface area (Å²) >= 11 is 0. The molecule has 0 unspecified atom stereocenters. The molecule has 0 fully saturated rings. The third-order valence-electron chi connectivity index (χ3n) is 3.16. The van der Waals surface area contributed by atoms with Gasteiger partial charge < -0.3 is 5.73 Å². The average Bonchev–Trinajstić information content (AvgIpc) is 2.49. The minimum Gasteiger partial charge on any atom is -0.385 e. The molecule has 0 saturated carbocycles. The molecule has 0 amide bonds. The van der Waals surface area contributed by atoms with Crippen LogP contribution in [0, 0.1) is 0 Å². The monoisotopic (exact) mass is 279 g/mol.